The van der Waals surface area contributed by atoms with Crippen LogP contribution < -0.4 is 11.1 Å². The number of rotatable bonds is 1. The number of anilines is 1. The van der Waals surface area contributed by atoms with Crippen LogP contribution in [0.2, 0.25) is 0 Å². The summed E-state index contributed by atoms with van der Waals surface area (Å²) in [7, 11) is 0. The van der Waals surface area contributed by atoms with E-state index in [0.717, 1.165) is 39.6 Å². The molecule has 2 aromatic rings. The van der Waals surface area contributed by atoms with E-state index in [9.17, 15) is 0 Å². The summed E-state index contributed by atoms with van der Waals surface area (Å²) in [4.78, 5) is 9.15. The second kappa shape index (κ2) is 4.84. The van der Waals surface area contributed by atoms with E-state index in [2.05, 4.69) is 4.99 Å². The highest BCUT2D eigenvalue weighted by Crippen LogP contribution is 2.32. The molecule has 1 heterocycles. The van der Waals surface area contributed by atoms with Crippen molar-refractivity contribution in [2.24, 2.45) is 4.99 Å². The van der Waals surface area contributed by atoms with Gasteiger partial charge < -0.3 is 10.2 Å². The molecule has 0 atom stereocenters. The Bertz CT molecular complexity index is 1030. The summed E-state index contributed by atoms with van der Waals surface area (Å²) < 4.78 is 6.02. The molecule has 0 saturated heterocycles. The lowest BCUT2D eigenvalue weighted by Gasteiger charge is -2.10. The van der Waals surface area contributed by atoms with Crippen molar-refractivity contribution >= 4 is 27.6 Å². The number of hydrogen-bond donors (Lipinski definition) is 1. The number of nitrogens with two attached hydrogens (primary N) is 1. The molecule has 4 nitrogen and oxygen atoms in total. The van der Waals surface area contributed by atoms with E-state index in [1.165, 1.54) is 0 Å². The highest BCUT2D eigenvalue weighted by atomic mass is 16.3. The summed E-state index contributed by atoms with van der Waals surface area (Å²) in [6, 6.07) is 15.6. The molecule has 2 aromatic carbocycles. The van der Waals surface area contributed by atoms with Gasteiger partial charge in [0.25, 0.3) is 0 Å². The molecule has 0 spiro atoms. The fourth-order valence-electron chi connectivity index (χ4n) is 2.75. The Hall–Kier alpha value is -2.88. The van der Waals surface area contributed by atoms with E-state index < -0.39 is 0 Å². The number of nitrogens with zero attached hydrogens (tertiary/aromatic N) is 2. The van der Waals surface area contributed by atoms with E-state index in [-0.39, 0.29) is 0 Å². The van der Waals surface area contributed by atoms with Crippen molar-refractivity contribution in [1.29, 1.82) is 0 Å². The van der Waals surface area contributed by atoms with Crippen LogP contribution in [0, 0.1) is 0 Å². The third-order valence-electron chi connectivity index (χ3n) is 3.75. The Kier molecular flexibility index (Phi) is 2.82. The zero-order valence-corrected chi connectivity index (χ0v) is 12.2. The molecule has 0 unspecified atom stereocenters. The molecule has 0 saturated carbocycles. The van der Waals surface area contributed by atoms with Gasteiger partial charge in [-0.05, 0) is 19.1 Å². The van der Waals surface area contributed by atoms with E-state index in [1.54, 1.807) is 0 Å². The summed E-state index contributed by atoms with van der Waals surface area (Å²) in [5.41, 5.74) is 9.17. The summed E-state index contributed by atoms with van der Waals surface area (Å²) in [6.45, 7) is 2.75. The number of fused-ring (bicyclic) bond motifs is 4. The number of nitrogen functional groups attached to an aromatic ring is 1. The molecule has 2 N–H and O–H groups in total. The molecule has 0 aromatic heterocycles. The van der Waals surface area contributed by atoms with Crippen molar-refractivity contribution in [2.45, 2.75) is 6.92 Å². The van der Waals surface area contributed by atoms with Crippen molar-refractivity contribution < 1.29 is 4.42 Å². The molecule has 0 fully saturated rings. The van der Waals surface area contributed by atoms with Crippen LogP contribution in [0.25, 0.3) is 33.3 Å². The van der Waals surface area contributed by atoms with E-state index >= 15 is 0 Å². The first-order valence-electron chi connectivity index (χ1n) is 7.28. The van der Waals surface area contributed by atoms with Crippen LogP contribution in [-0.2, 0) is 0 Å². The third-order valence-corrected chi connectivity index (χ3v) is 3.75. The van der Waals surface area contributed by atoms with Gasteiger partial charge in [0.05, 0.1) is 5.36 Å². The van der Waals surface area contributed by atoms with Gasteiger partial charge in [-0.1, -0.05) is 24.3 Å². The lowest BCUT2D eigenvalue weighted by atomic mass is 10.1. The zero-order valence-electron chi connectivity index (χ0n) is 12.2. The van der Waals surface area contributed by atoms with Gasteiger partial charge in [-0.15, -0.1) is 0 Å². The lowest BCUT2D eigenvalue weighted by Crippen LogP contribution is -2.03. The Balaban J connectivity index is 2.14. The Morgan fingerprint density at radius 1 is 1.09 bits per heavy atom. The Morgan fingerprint density at radius 3 is 2.73 bits per heavy atom. The third kappa shape index (κ3) is 1.92. The van der Waals surface area contributed by atoms with Gasteiger partial charge in [0.15, 0.2) is 11.3 Å². The molecular formula is C18H15N3O. The molecule has 108 valence electrons. The first kappa shape index (κ1) is 12.8. The minimum atomic E-state index is 0.692. The maximum atomic E-state index is 6.14. The second-order valence-electron chi connectivity index (χ2n) is 5.20. The molecule has 22 heavy (non-hydrogen) atoms. The highest BCUT2D eigenvalue weighted by Gasteiger charge is 2.12. The summed E-state index contributed by atoms with van der Waals surface area (Å²) >= 11 is 0. The number of benzene rings is 3. The van der Waals surface area contributed by atoms with Gasteiger partial charge in [0, 0.05) is 35.1 Å². The normalized spacial score (nSPS) is 12.5. The minimum absolute atomic E-state index is 0.692. The average Bonchev–Trinajstić information content (AvgIpc) is 2.54. The number of hydrogen-bond acceptors (Lipinski definition) is 4. The fourth-order valence-corrected chi connectivity index (χ4v) is 2.75. The molecule has 1 aliphatic heterocycles. The lowest BCUT2D eigenvalue weighted by molar-refractivity contribution is 0.613. The topological polar surface area (TPSA) is 64.4 Å². The number of aromatic nitrogens is 1. The molecule has 4 rings (SSSR count). The molecule has 0 bridgehead atoms. The van der Waals surface area contributed by atoms with Crippen molar-refractivity contribution in [1.82, 2.24) is 4.98 Å². The van der Waals surface area contributed by atoms with Crippen molar-refractivity contribution in [3.63, 3.8) is 0 Å². The molecule has 0 amide bonds. The first-order chi connectivity index (χ1) is 10.8. The van der Waals surface area contributed by atoms with Crippen molar-refractivity contribution in [3.05, 3.63) is 53.9 Å². The predicted molar refractivity (Wildman–Crippen MR) is 88.7 cm³/mol. The Labute approximate surface area is 127 Å². The van der Waals surface area contributed by atoms with Gasteiger partial charge in [-0.3, -0.25) is 4.99 Å². The fraction of sp³-hybridized carbons (Fsp3) is 0.111. The molecule has 1 aliphatic carbocycles. The van der Waals surface area contributed by atoms with Crippen LogP contribution in [0.15, 0.2) is 57.9 Å². The zero-order chi connectivity index (χ0) is 15.1. The van der Waals surface area contributed by atoms with Gasteiger partial charge >= 0.3 is 0 Å². The van der Waals surface area contributed by atoms with Gasteiger partial charge in [-0.25, -0.2) is 4.98 Å². The van der Waals surface area contributed by atoms with Crippen LogP contribution in [-0.4, -0.2) is 11.5 Å². The van der Waals surface area contributed by atoms with Gasteiger partial charge in [-0.2, -0.15) is 0 Å². The molecule has 0 radical (unpaired) electrons. The largest absolute Gasteiger partial charge is 0.453 e. The Morgan fingerprint density at radius 2 is 1.91 bits per heavy atom. The van der Waals surface area contributed by atoms with Crippen LogP contribution in [0.5, 0.6) is 0 Å². The van der Waals surface area contributed by atoms with Crippen LogP contribution in [0.1, 0.15) is 6.92 Å². The van der Waals surface area contributed by atoms with Gasteiger partial charge in [0.2, 0.25) is 0 Å². The molecule has 4 heteroatoms. The van der Waals surface area contributed by atoms with Crippen molar-refractivity contribution in [2.75, 3.05) is 12.3 Å². The van der Waals surface area contributed by atoms with Crippen LogP contribution >= 0.6 is 0 Å². The molecular weight excluding hydrogens is 274 g/mol. The average molecular weight is 289 g/mol. The first-order valence-corrected chi connectivity index (χ1v) is 7.28. The summed E-state index contributed by atoms with van der Waals surface area (Å²) in [6.07, 6.45) is 0. The van der Waals surface area contributed by atoms with E-state index in [4.69, 9.17) is 15.1 Å². The van der Waals surface area contributed by atoms with Crippen molar-refractivity contribution in [3.8, 4) is 11.5 Å². The second-order valence-corrected chi connectivity index (χ2v) is 5.20. The van der Waals surface area contributed by atoms with Gasteiger partial charge in [0.1, 0.15) is 11.2 Å². The van der Waals surface area contributed by atoms with Crippen LogP contribution in [0.3, 0.4) is 0 Å². The predicted octanol–water partition coefficient (Wildman–Crippen LogP) is 3.59. The highest BCUT2D eigenvalue weighted by molar-refractivity contribution is 6.09. The van der Waals surface area contributed by atoms with Crippen LogP contribution in [0.4, 0.5) is 5.69 Å². The quantitative estimate of drug-likeness (QED) is 0.331. The van der Waals surface area contributed by atoms with E-state index in [1.807, 2.05) is 55.5 Å². The standard InChI is InChI=1S/C18H15N3O/c1-2-20-11-7-8-15-16(9-11)22-17-10-14(19)12-5-3-4-6-13(12)18(17)21-15/h3-10H,2,19H2,1H3. The SMILES string of the molecule is CCN=c1ccc2nc3c(cc(N)c4ccccc43)oc-2c1. The summed E-state index contributed by atoms with van der Waals surface area (Å²) in [5.74, 6) is 0.719. The maximum absolute atomic E-state index is 6.14. The maximum Gasteiger partial charge on any atom is 0.155 e. The minimum Gasteiger partial charge on any atom is -0.453 e. The monoisotopic (exact) mass is 289 g/mol. The molecule has 2 aliphatic rings. The smallest absolute Gasteiger partial charge is 0.155 e. The summed E-state index contributed by atoms with van der Waals surface area (Å²) in [5, 5.41) is 2.90. The van der Waals surface area contributed by atoms with E-state index in [0.29, 0.717) is 11.3 Å².